The monoisotopic (exact) mass is 582 g/mol. The summed E-state index contributed by atoms with van der Waals surface area (Å²) in [6.07, 6.45) is -11.6. The van der Waals surface area contributed by atoms with Gasteiger partial charge in [0.25, 0.3) is 0 Å². The molecule has 0 bridgehead atoms. The van der Waals surface area contributed by atoms with Crippen molar-refractivity contribution in [2.75, 3.05) is 32.4 Å². The van der Waals surface area contributed by atoms with Crippen molar-refractivity contribution in [3.05, 3.63) is 57.6 Å². The Morgan fingerprint density at radius 2 is 1.27 bits per heavy atom. The zero-order chi connectivity index (χ0) is 31.2. The van der Waals surface area contributed by atoms with Gasteiger partial charge in [-0.1, -0.05) is 0 Å². The molecule has 0 spiro atoms. The van der Waals surface area contributed by atoms with Crippen LogP contribution in [0.2, 0.25) is 0 Å². The van der Waals surface area contributed by atoms with Crippen molar-refractivity contribution >= 4 is 29.2 Å². The number of aliphatic hydroxyl groups excluding tert-OH is 1. The molecule has 2 unspecified atom stereocenters. The van der Waals surface area contributed by atoms with E-state index in [2.05, 4.69) is 14.8 Å². The molecule has 2 rings (SSSR count). The van der Waals surface area contributed by atoms with Crippen molar-refractivity contribution in [1.82, 2.24) is 0 Å². The molecule has 0 fully saturated rings. The van der Waals surface area contributed by atoms with Gasteiger partial charge < -0.3 is 30.4 Å². The van der Waals surface area contributed by atoms with Crippen molar-refractivity contribution in [1.29, 1.82) is 0 Å². The molecule has 2 atom stereocenters. The number of carbonyl (C=O) groups is 3. The average Bonchev–Trinajstić information content (AvgIpc) is 2.85. The molecule has 40 heavy (non-hydrogen) atoms. The van der Waals surface area contributed by atoms with E-state index in [0.29, 0.717) is 6.07 Å². The Morgan fingerprint density at radius 1 is 0.825 bits per heavy atom. The van der Waals surface area contributed by atoms with Crippen LogP contribution in [0.4, 0.5) is 37.7 Å². The largest absolute Gasteiger partial charge is 0.465 e. The van der Waals surface area contributed by atoms with Gasteiger partial charge in [0.2, 0.25) is 5.91 Å². The molecule has 0 aliphatic heterocycles. The molecule has 0 aliphatic rings. The molecule has 222 valence electrons. The maximum Gasteiger partial charge on any atom is 0.416 e. The first-order valence-electron chi connectivity index (χ1n) is 11.2. The van der Waals surface area contributed by atoms with Crippen molar-refractivity contribution in [3.8, 4) is 0 Å². The van der Waals surface area contributed by atoms with Crippen LogP contribution in [0.5, 0.6) is 0 Å². The van der Waals surface area contributed by atoms with E-state index in [1.807, 2.05) is 0 Å². The summed E-state index contributed by atoms with van der Waals surface area (Å²) in [7, 11) is 3.46. The van der Waals surface area contributed by atoms with E-state index in [0.717, 1.165) is 46.3 Å². The summed E-state index contributed by atoms with van der Waals surface area (Å²) in [5.74, 6) is -2.36. The summed E-state index contributed by atoms with van der Waals surface area (Å²) in [6, 6.07) is 3.25. The number of halogens is 6. The fourth-order valence-corrected chi connectivity index (χ4v) is 3.41. The SMILES string of the molecule is COC(=O)c1cc(C(C)O)c(C(F)(F)F)cc1NC(C)=O.COC(=O)c1cc(C(C)OC)c(C(F)(F)F)cc1N. The summed E-state index contributed by atoms with van der Waals surface area (Å²) in [4.78, 5) is 34.1. The fourth-order valence-electron chi connectivity index (χ4n) is 3.41. The third kappa shape index (κ3) is 8.58. The molecule has 0 heterocycles. The van der Waals surface area contributed by atoms with E-state index < -0.39 is 59.1 Å². The number of methoxy groups -OCH3 is 3. The van der Waals surface area contributed by atoms with Gasteiger partial charge in [-0.05, 0) is 49.2 Å². The van der Waals surface area contributed by atoms with E-state index in [1.54, 1.807) is 0 Å². The number of amides is 1. The van der Waals surface area contributed by atoms with Gasteiger partial charge in [-0.25, -0.2) is 9.59 Å². The van der Waals surface area contributed by atoms with Crippen LogP contribution in [0, 0.1) is 0 Å². The zero-order valence-electron chi connectivity index (χ0n) is 22.2. The van der Waals surface area contributed by atoms with Crippen LogP contribution in [0.1, 0.15) is 75.9 Å². The summed E-state index contributed by atoms with van der Waals surface area (Å²) < 4.78 is 91.6. The van der Waals surface area contributed by atoms with Crippen LogP contribution in [-0.4, -0.2) is 44.3 Å². The number of nitrogen functional groups attached to an aromatic ring is 1. The highest BCUT2D eigenvalue weighted by Crippen LogP contribution is 2.39. The second-order valence-corrected chi connectivity index (χ2v) is 8.23. The molecule has 2 aromatic rings. The molecule has 9 nitrogen and oxygen atoms in total. The van der Waals surface area contributed by atoms with Crippen LogP contribution < -0.4 is 11.1 Å². The minimum Gasteiger partial charge on any atom is -0.465 e. The zero-order valence-corrected chi connectivity index (χ0v) is 22.2. The van der Waals surface area contributed by atoms with Crippen LogP contribution in [-0.2, 0) is 31.4 Å². The molecule has 4 N–H and O–H groups in total. The van der Waals surface area contributed by atoms with E-state index in [1.165, 1.54) is 14.0 Å². The number of hydrogen-bond acceptors (Lipinski definition) is 8. The molecular formula is C25H28F6N2O7. The van der Waals surface area contributed by atoms with Crippen LogP contribution in [0.25, 0.3) is 0 Å². The maximum absolute atomic E-state index is 13.0. The van der Waals surface area contributed by atoms with Gasteiger partial charge in [-0.2, -0.15) is 26.3 Å². The standard InChI is InChI=1S/C13H14F3NO4.C12H14F3NO3/c1-6(18)8-4-9(12(20)21-3)11(17-7(2)19)5-10(8)13(14,15)16;1-6(18-2)7-4-8(11(17)19-3)10(16)5-9(7)12(13,14)15/h4-6,18H,1-3H3,(H,17,19);4-6H,16H2,1-3H3. The number of hydrogen-bond donors (Lipinski definition) is 3. The van der Waals surface area contributed by atoms with Crippen LogP contribution >= 0.6 is 0 Å². The number of nitrogens with one attached hydrogen (secondary N) is 1. The minimum absolute atomic E-state index is 0.116. The van der Waals surface area contributed by atoms with E-state index in [4.69, 9.17) is 10.5 Å². The Balaban J connectivity index is 0.000000402. The lowest BCUT2D eigenvalue weighted by Gasteiger charge is -2.19. The van der Waals surface area contributed by atoms with Gasteiger partial charge in [0.15, 0.2) is 0 Å². The average molecular weight is 582 g/mol. The van der Waals surface area contributed by atoms with Crippen LogP contribution in [0.15, 0.2) is 24.3 Å². The van der Waals surface area contributed by atoms with Crippen molar-refractivity contribution in [2.24, 2.45) is 0 Å². The minimum atomic E-state index is -4.74. The number of carbonyl (C=O) groups excluding carboxylic acids is 3. The Kier molecular flexibility index (Phi) is 11.5. The summed E-state index contributed by atoms with van der Waals surface area (Å²) in [6.45, 7) is 3.68. The van der Waals surface area contributed by atoms with E-state index >= 15 is 0 Å². The molecule has 0 saturated heterocycles. The lowest BCUT2D eigenvalue weighted by atomic mass is 9.97. The summed E-state index contributed by atoms with van der Waals surface area (Å²) >= 11 is 0. The smallest absolute Gasteiger partial charge is 0.416 e. The molecular weight excluding hydrogens is 554 g/mol. The lowest BCUT2D eigenvalue weighted by molar-refractivity contribution is -0.139. The van der Waals surface area contributed by atoms with Gasteiger partial charge in [-0.15, -0.1) is 0 Å². The molecule has 0 aliphatic carbocycles. The number of nitrogens with two attached hydrogens (primary N) is 1. The Bertz CT molecular complexity index is 1240. The highest BCUT2D eigenvalue weighted by Gasteiger charge is 2.37. The van der Waals surface area contributed by atoms with E-state index in [-0.39, 0.29) is 28.1 Å². The second-order valence-electron chi connectivity index (χ2n) is 8.23. The lowest BCUT2D eigenvalue weighted by Crippen LogP contribution is -2.17. The number of aliphatic hydroxyl groups is 1. The van der Waals surface area contributed by atoms with Crippen molar-refractivity contribution in [2.45, 2.75) is 45.3 Å². The quantitative estimate of drug-likeness (QED) is 0.238. The molecule has 15 heteroatoms. The third-order valence-electron chi connectivity index (χ3n) is 5.39. The first-order valence-corrected chi connectivity index (χ1v) is 11.2. The number of esters is 2. The molecule has 0 aromatic heterocycles. The number of alkyl halides is 6. The Hall–Kier alpha value is -3.85. The number of rotatable bonds is 6. The van der Waals surface area contributed by atoms with Gasteiger partial charge in [0.1, 0.15) is 0 Å². The second kappa shape index (κ2) is 13.5. The highest BCUT2D eigenvalue weighted by molar-refractivity contribution is 6.01. The molecule has 0 saturated carbocycles. The fraction of sp³-hybridized carbons (Fsp3) is 0.400. The van der Waals surface area contributed by atoms with Crippen molar-refractivity contribution in [3.63, 3.8) is 0 Å². The normalized spacial score (nSPS) is 12.9. The summed E-state index contributed by atoms with van der Waals surface area (Å²) in [5.41, 5.74) is 1.77. The Labute approximate surface area is 225 Å². The number of benzene rings is 2. The first-order chi connectivity index (χ1) is 18.3. The number of anilines is 2. The van der Waals surface area contributed by atoms with Gasteiger partial charge >= 0.3 is 24.3 Å². The predicted molar refractivity (Wildman–Crippen MR) is 130 cm³/mol. The number of ether oxygens (including phenoxy) is 3. The first kappa shape index (κ1) is 34.2. The maximum atomic E-state index is 13.0. The molecule has 1 amide bonds. The van der Waals surface area contributed by atoms with Gasteiger partial charge in [-0.3, -0.25) is 4.79 Å². The Morgan fingerprint density at radius 3 is 1.68 bits per heavy atom. The van der Waals surface area contributed by atoms with Crippen LogP contribution in [0.3, 0.4) is 0 Å². The van der Waals surface area contributed by atoms with Gasteiger partial charge in [0.05, 0.1) is 54.4 Å². The molecule has 0 radical (unpaired) electrons. The molecule has 2 aromatic carbocycles. The predicted octanol–water partition coefficient (Wildman–Crippen LogP) is 5.29. The topological polar surface area (TPSA) is 137 Å². The summed E-state index contributed by atoms with van der Waals surface area (Å²) in [5, 5.41) is 11.6. The van der Waals surface area contributed by atoms with Crippen molar-refractivity contribution < 1.29 is 60.0 Å². The third-order valence-corrected chi connectivity index (χ3v) is 5.39. The van der Waals surface area contributed by atoms with E-state index in [9.17, 15) is 45.8 Å². The highest BCUT2D eigenvalue weighted by atomic mass is 19.4. The van der Waals surface area contributed by atoms with Gasteiger partial charge in [0, 0.05) is 19.7 Å².